The van der Waals surface area contributed by atoms with E-state index in [2.05, 4.69) is 26.5 Å². The quantitative estimate of drug-likeness (QED) is 0.128. The van der Waals surface area contributed by atoms with E-state index in [1.165, 1.54) is 54.7 Å². The number of nitrogens with one attached hydrogen (secondary N) is 4. The molecule has 10 nitrogen and oxygen atoms in total. The Kier molecular flexibility index (Phi) is 10.0. The zero-order valence-corrected chi connectivity index (χ0v) is 23.5. The van der Waals surface area contributed by atoms with Gasteiger partial charge in [-0.25, -0.2) is 4.79 Å². The summed E-state index contributed by atoms with van der Waals surface area (Å²) in [5, 5.41) is 4.33. The highest BCUT2D eigenvalue weighted by molar-refractivity contribution is 6.31. The fraction of sp³-hybridized carbons (Fsp3) is 0.0667. The maximum Gasteiger partial charge on any atom is 0.417 e. The fourth-order valence-electron chi connectivity index (χ4n) is 3.57. The molecule has 0 aliphatic carbocycles. The fourth-order valence-corrected chi connectivity index (χ4v) is 3.79. The number of ether oxygens (including phenoxy) is 2. The summed E-state index contributed by atoms with van der Waals surface area (Å²) in [6.45, 7) is 0. The molecule has 1 aromatic heterocycles. The predicted octanol–water partition coefficient (Wildman–Crippen LogP) is 6.67. The second-order valence-electron chi connectivity index (χ2n) is 8.82. The highest BCUT2D eigenvalue weighted by Gasteiger charge is 2.33. The van der Waals surface area contributed by atoms with Crippen molar-refractivity contribution in [3.8, 4) is 17.2 Å². The van der Waals surface area contributed by atoms with Crippen molar-refractivity contribution in [2.45, 2.75) is 6.18 Å². The molecule has 3 aromatic carbocycles. The maximum absolute atomic E-state index is 13.1. The van der Waals surface area contributed by atoms with Gasteiger partial charge in [0.2, 0.25) is 0 Å². The highest BCUT2D eigenvalue weighted by atomic mass is 35.5. The molecule has 0 radical (unpaired) electrons. The number of aromatic nitrogens is 1. The molecule has 0 aliphatic rings. The van der Waals surface area contributed by atoms with E-state index < -0.39 is 34.6 Å². The van der Waals surface area contributed by atoms with Crippen LogP contribution < -0.4 is 31.0 Å². The van der Waals surface area contributed by atoms with Crippen LogP contribution in [0.15, 0.2) is 91.1 Å². The van der Waals surface area contributed by atoms with Crippen molar-refractivity contribution in [1.29, 1.82) is 0 Å². The molecule has 14 heteroatoms. The van der Waals surface area contributed by atoms with Gasteiger partial charge in [-0.1, -0.05) is 23.7 Å². The van der Waals surface area contributed by atoms with Gasteiger partial charge in [0.25, 0.3) is 11.8 Å². The summed E-state index contributed by atoms with van der Waals surface area (Å²) in [7, 11) is 1.55. The Balaban J connectivity index is 1.28. The number of pyridine rings is 1. The van der Waals surface area contributed by atoms with E-state index in [0.29, 0.717) is 17.2 Å². The average molecular weight is 626 g/mol. The number of alkyl halides is 3. The second-order valence-corrected chi connectivity index (χ2v) is 9.23. The Morgan fingerprint density at radius 3 is 2.16 bits per heavy atom. The van der Waals surface area contributed by atoms with Gasteiger partial charge in [0.1, 0.15) is 22.9 Å². The van der Waals surface area contributed by atoms with Crippen LogP contribution in [0.4, 0.5) is 29.3 Å². The van der Waals surface area contributed by atoms with Crippen LogP contribution in [0.3, 0.4) is 0 Å². The third-order valence-corrected chi connectivity index (χ3v) is 6.01. The highest BCUT2D eigenvalue weighted by Crippen LogP contribution is 2.36. The number of halogens is 4. The number of amides is 4. The smallest absolute Gasteiger partial charge is 0.417 e. The lowest BCUT2D eigenvalue weighted by atomic mass is 10.2. The van der Waals surface area contributed by atoms with Crippen molar-refractivity contribution in [3.05, 3.63) is 113 Å². The third kappa shape index (κ3) is 8.97. The van der Waals surface area contributed by atoms with Crippen LogP contribution in [0.1, 0.15) is 21.6 Å². The number of methoxy groups -OCH3 is 1. The first kappa shape index (κ1) is 31.4. The van der Waals surface area contributed by atoms with Gasteiger partial charge in [-0.3, -0.25) is 25.4 Å². The number of carbonyl (C=O) groups excluding carboxylic acids is 3. The van der Waals surface area contributed by atoms with E-state index in [9.17, 15) is 27.6 Å². The lowest BCUT2D eigenvalue weighted by Gasteiger charge is -2.12. The molecule has 4 amide bonds. The van der Waals surface area contributed by atoms with Crippen LogP contribution in [0.5, 0.6) is 17.2 Å². The van der Waals surface area contributed by atoms with Crippen molar-refractivity contribution in [3.63, 3.8) is 0 Å². The number of hydrazine groups is 1. The molecule has 0 unspecified atom stereocenters. The van der Waals surface area contributed by atoms with Crippen molar-refractivity contribution in [2.24, 2.45) is 0 Å². The number of rotatable bonds is 8. The lowest BCUT2D eigenvalue weighted by Crippen LogP contribution is -2.41. The number of hydrogen-bond acceptors (Lipinski definition) is 6. The van der Waals surface area contributed by atoms with Crippen molar-refractivity contribution in [2.75, 3.05) is 17.7 Å². The van der Waals surface area contributed by atoms with Gasteiger partial charge in [-0.05, 0) is 72.3 Å². The van der Waals surface area contributed by atoms with E-state index in [1.54, 1.807) is 37.5 Å². The number of nitrogens with zero attached hydrogens (tertiary/aromatic N) is 1. The van der Waals surface area contributed by atoms with Crippen molar-refractivity contribution >= 4 is 46.9 Å². The van der Waals surface area contributed by atoms with Gasteiger partial charge < -0.3 is 20.1 Å². The molecule has 0 saturated heterocycles. The molecule has 4 N–H and O–H groups in total. The van der Waals surface area contributed by atoms with Gasteiger partial charge >= 0.3 is 12.2 Å². The van der Waals surface area contributed by atoms with Crippen LogP contribution in [0.2, 0.25) is 5.02 Å². The van der Waals surface area contributed by atoms with Gasteiger partial charge in [-0.15, -0.1) is 0 Å². The van der Waals surface area contributed by atoms with Gasteiger partial charge in [-0.2, -0.15) is 13.2 Å². The van der Waals surface area contributed by atoms with Crippen LogP contribution in [-0.4, -0.2) is 29.9 Å². The van der Waals surface area contributed by atoms with Crippen molar-refractivity contribution in [1.82, 2.24) is 15.8 Å². The summed E-state index contributed by atoms with van der Waals surface area (Å²) in [6, 6.07) is 18.2. The summed E-state index contributed by atoms with van der Waals surface area (Å²) >= 11 is 5.60. The summed E-state index contributed by atoms with van der Waals surface area (Å²) < 4.78 is 50.0. The Hall–Kier alpha value is -5.56. The predicted molar refractivity (Wildman–Crippen MR) is 157 cm³/mol. The monoisotopic (exact) mass is 625 g/mol. The normalized spacial score (nSPS) is 11.0. The molecule has 0 aliphatic heterocycles. The van der Waals surface area contributed by atoms with E-state index in [1.807, 2.05) is 0 Å². The number of anilines is 2. The topological polar surface area (TPSA) is 131 Å². The first-order valence-corrected chi connectivity index (χ1v) is 13.0. The van der Waals surface area contributed by atoms with E-state index >= 15 is 0 Å². The molecular weight excluding hydrogens is 603 g/mol. The van der Waals surface area contributed by atoms with Crippen molar-refractivity contribution < 1.29 is 37.0 Å². The molecule has 0 spiro atoms. The standard InChI is InChI=1S/C30H23ClF3N5O5/c1-43-21-8-2-18(3-9-21)4-13-27(40)38-39-28(41)26-17-23(14-15-35-26)44-22-10-5-19(6-11-22)36-29(42)37-20-7-12-25(31)24(16-20)30(32,33)34/h2-17H,1H3,(H,38,40)(H,39,41)(H2,36,37,42). The summed E-state index contributed by atoms with van der Waals surface area (Å²) in [4.78, 5) is 40.8. The van der Waals surface area contributed by atoms with E-state index in [0.717, 1.165) is 17.7 Å². The van der Waals surface area contributed by atoms with E-state index in [-0.39, 0.29) is 17.1 Å². The number of urea groups is 1. The number of carbonyl (C=O) groups is 3. The minimum atomic E-state index is -4.67. The molecule has 4 aromatic rings. The summed E-state index contributed by atoms with van der Waals surface area (Å²) in [5.41, 5.74) is 4.41. The summed E-state index contributed by atoms with van der Waals surface area (Å²) in [5.74, 6) is 0.0341. The van der Waals surface area contributed by atoms with Crippen LogP contribution in [0, 0.1) is 0 Å². The molecule has 0 saturated carbocycles. The molecule has 226 valence electrons. The SMILES string of the molecule is COc1ccc(C=CC(=O)NNC(=O)c2cc(Oc3ccc(NC(=O)Nc4ccc(Cl)c(C(F)(F)F)c4)cc3)ccn2)cc1. The summed E-state index contributed by atoms with van der Waals surface area (Å²) in [6.07, 6.45) is -0.518. The van der Waals surface area contributed by atoms with Gasteiger partial charge in [0, 0.05) is 29.7 Å². The molecule has 4 rings (SSSR count). The van der Waals surface area contributed by atoms with Crippen LogP contribution in [0.25, 0.3) is 6.08 Å². The molecule has 0 bridgehead atoms. The Morgan fingerprint density at radius 2 is 1.48 bits per heavy atom. The molecule has 1 heterocycles. The van der Waals surface area contributed by atoms with Gasteiger partial charge in [0.15, 0.2) is 0 Å². The van der Waals surface area contributed by atoms with E-state index in [4.69, 9.17) is 21.1 Å². The Labute approximate surface area is 253 Å². The minimum Gasteiger partial charge on any atom is -0.497 e. The largest absolute Gasteiger partial charge is 0.497 e. The third-order valence-electron chi connectivity index (χ3n) is 5.68. The number of hydrogen-bond donors (Lipinski definition) is 4. The van der Waals surface area contributed by atoms with Crippen LogP contribution in [-0.2, 0) is 11.0 Å². The number of benzene rings is 3. The molecule has 0 atom stereocenters. The lowest BCUT2D eigenvalue weighted by molar-refractivity contribution is -0.137. The molecule has 44 heavy (non-hydrogen) atoms. The Bertz CT molecular complexity index is 1680. The van der Waals surface area contributed by atoms with Crippen LogP contribution >= 0.6 is 11.6 Å². The maximum atomic E-state index is 13.1. The molecular formula is C30H23ClF3N5O5. The zero-order valence-electron chi connectivity index (χ0n) is 22.7. The average Bonchev–Trinajstić information content (AvgIpc) is 3.00. The minimum absolute atomic E-state index is 0.0345. The Morgan fingerprint density at radius 1 is 0.818 bits per heavy atom. The first-order valence-electron chi connectivity index (χ1n) is 12.6. The molecule has 0 fully saturated rings. The second kappa shape index (κ2) is 14.1. The zero-order chi connectivity index (χ0) is 31.7. The van der Waals surface area contributed by atoms with Gasteiger partial charge in [0.05, 0.1) is 17.7 Å². The first-order chi connectivity index (χ1) is 21.0.